The molecule has 3 aromatic heterocycles. The maximum Gasteiger partial charge on any atom is 0.229 e. The third kappa shape index (κ3) is 2.44. The Kier molecular flexibility index (Phi) is 3.46. The molecule has 6 nitrogen and oxygen atoms in total. The van der Waals surface area contributed by atoms with Crippen LogP contribution >= 0.6 is 11.3 Å². The highest BCUT2D eigenvalue weighted by Gasteiger charge is 2.30. The largest absolute Gasteiger partial charge is 0.339 e. The van der Waals surface area contributed by atoms with Crippen molar-refractivity contribution in [2.75, 3.05) is 6.54 Å². The van der Waals surface area contributed by atoms with Gasteiger partial charge >= 0.3 is 0 Å². The third-order valence-electron chi connectivity index (χ3n) is 4.12. The Balaban J connectivity index is 1.53. The quantitative estimate of drug-likeness (QED) is 0.739. The van der Waals surface area contributed by atoms with Crippen LogP contribution in [0.1, 0.15) is 56.1 Å². The van der Waals surface area contributed by atoms with Crippen LogP contribution in [0.25, 0.3) is 4.96 Å². The van der Waals surface area contributed by atoms with E-state index in [2.05, 4.69) is 49.8 Å². The Labute approximate surface area is 132 Å². The normalized spacial score (nSPS) is 19.7. The molecule has 0 N–H and O–H groups in total. The lowest BCUT2D eigenvalue weighted by atomic mass is 10.2. The first kappa shape index (κ1) is 13.9. The van der Waals surface area contributed by atoms with Gasteiger partial charge in [-0.05, 0) is 19.4 Å². The van der Waals surface area contributed by atoms with Crippen molar-refractivity contribution in [3.05, 3.63) is 35.2 Å². The van der Waals surface area contributed by atoms with Gasteiger partial charge in [0.05, 0.1) is 11.7 Å². The van der Waals surface area contributed by atoms with Gasteiger partial charge in [0.25, 0.3) is 0 Å². The minimum atomic E-state index is 0.246. The lowest BCUT2D eigenvalue weighted by molar-refractivity contribution is 0.231. The van der Waals surface area contributed by atoms with Crippen molar-refractivity contribution in [1.29, 1.82) is 0 Å². The van der Waals surface area contributed by atoms with Crippen LogP contribution in [0.5, 0.6) is 0 Å². The summed E-state index contributed by atoms with van der Waals surface area (Å²) in [6, 6.07) is 0.246. The molecule has 1 saturated heterocycles. The first-order valence-corrected chi connectivity index (χ1v) is 8.57. The first-order chi connectivity index (χ1) is 10.7. The predicted octanol–water partition coefficient (Wildman–Crippen LogP) is 3.24. The molecule has 1 unspecified atom stereocenters. The van der Waals surface area contributed by atoms with Crippen LogP contribution in [0.3, 0.4) is 0 Å². The minimum Gasteiger partial charge on any atom is -0.339 e. The second kappa shape index (κ2) is 5.48. The second-order valence-corrected chi connectivity index (χ2v) is 6.97. The number of nitrogens with zero attached hydrogens (tertiary/aromatic N) is 5. The molecule has 0 spiro atoms. The number of hydrogen-bond donors (Lipinski definition) is 0. The molecular weight excluding hydrogens is 298 g/mol. The molecular formula is C15H19N5OS. The Morgan fingerprint density at radius 1 is 1.41 bits per heavy atom. The van der Waals surface area contributed by atoms with Crippen LogP contribution in [-0.2, 0) is 6.54 Å². The molecule has 0 amide bonds. The molecule has 3 aromatic rings. The predicted molar refractivity (Wildman–Crippen MR) is 83.8 cm³/mol. The van der Waals surface area contributed by atoms with E-state index in [1.807, 2.05) is 6.20 Å². The van der Waals surface area contributed by atoms with Crippen LogP contribution in [-0.4, -0.2) is 31.0 Å². The van der Waals surface area contributed by atoms with Crippen LogP contribution in [0.2, 0.25) is 0 Å². The fraction of sp³-hybridized carbons (Fsp3) is 0.533. The molecule has 0 radical (unpaired) electrons. The molecule has 1 atom stereocenters. The van der Waals surface area contributed by atoms with E-state index in [1.165, 1.54) is 6.42 Å². The number of imidazole rings is 1. The molecule has 0 bridgehead atoms. The average molecular weight is 317 g/mol. The van der Waals surface area contributed by atoms with Gasteiger partial charge in [0.15, 0.2) is 10.8 Å². The topological polar surface area (TPSA) is 59.5 Å². The Bertz CT molecular complexity index is 745. The standard InChI is InChI=1S/C15H19N5OS/c1-10(2)14-17-13(18-21-14)12-4-3-5-19(12)8-11-9-20-6-7-22-15(20)16-11/h6-7,9-10,12H,3-5,8H2,1-2H3. The van der Waals surface area contributed by atoms with Crippen molar-refractivity contribution in [2.24, 2.45) is 0 Å². The van der Waals surface area contributed by atoms with Crippen molar-refractivity contribution >= 4 is 16.3 Å². The van der Waals surface area contributed by atoms with Gasteiger partial charge in [-0.1, -0.05) is 19.0 Å². The smallest absolute Gasteiger partial charge is 0.229 e. The van der Waals surface area contributed by atoms with Crippen molar-refractivity contribution in [2.45, 2.75) is 45.2 Å². The molecule has 0 aliphatic carbocycles. The van der Waals surface area contributed by atoms with Crippen molar-refractivity contribution in [3.63, 3.8) is 0 Å². The first-order valence-electron chi connectivity index (χ1n) is 7.69. The molecule has 1 aliphatic rings. The van der Waals surface area contributed by atoms with E-state index >= 15 is 0 Å². The molecule has 4 rings (SSSR count). The third-order valence-corrected chi connectivity index (χ3v) is 4.89. The number of aromatic nitrogens is 4. The van der Waals surface area contributed by atoms with E-state index in [1.54, 1.807) is 11.3 Å². The molecule has 22 heavy (non-hydrogen) atoms. The number of thiazole rings is 1. The van der Waals surface area contributed by atoms with Gasteiger partial charge in [0.1, 0.15) is 0 Å². The van der Waals surface area contributed by atoms with E-state index < -0.39 is 0 Å². The Hall–Kier alpha value is -1.73. The van der Waals surface area contributed by atoms with Crippen molar-refractivity contribution in [3.8, 4) is 0 Å². The molecule has 0 aromatic carbocycles. The Morgan fingerprint density at radius 3 is 3.09 bits per heavy atom. The summed E-state index contributed by atoms with van der Waals surface area (Å²) in [4.78, 5) is 12.7. The van der Waals surface area contributed by atoms with E-state index in [4.69, 9.17) is 4.52 Å². The molecule has 116 valence electrons. The summed E-state index contributed by atoms with van der Waals surface area (Å²) in [7, 11) is 0. The number of hydrogen-bond acceptors (Lipinski definition) is 6. The second-order valence-electron chi connectivity index (χ2n) is 6.10. The highest BCUT2D eigenvalue weighted by Crippen LogP contribution is 2.32. The average Bonchev–Trinajstić information content (AvgIpc) is 3.21. The number of rotatable bonds is 4. The van der Waals surface area contributed by atoms with E-state index in [0.29, 0.717) is 0 Å². The highest BCUT2D eigenvalue weighted by molar-refractivity contribution is 7.15. The van der Waals surface area contributed by atoms with Crippen molar-refractivity contribution in [1.82, 2.24) is 24.4 Å². The Morgan fingerprint density at radius 2 is 2.32 bits per heavy atom. The summed E-state index contributed by atoms with van der Waals surface area (Å²) >= 11 is 1.66. The fourth-order valence-corrected chi connectivity index (χ4v) is 3.70. The zero-order chi connectivity index (χ0) is 15.1. The SMILES string of the molecule is CC(C)c1nc(C2CCCN2Cc2cn3ccsc3n2)no1. The maximum atomic E-state index is 5.37. The van der Waals surface area contributed by atoms with Gasteiger partial charge < -0.3 is 4.52 Å². The molecule has 7 heteroatoms. The lowest BCUT2D eigenvalue weighted by Crippen LogP contribution is -2.23. The summed E-state index contributed by atoms with van der Waals surface area (Å²) in [5.41, 5.74) is 1.10. The van der Waals surface area contributed by atoms with Crippen LogP contribution < -0.4 is 0 Å². The molecule has 0 saturated carbocycles. The van der Waals surface area contributed by atoms with Crippen LogP contribution in [0.4, 0.5) is 0 Å². The van der Waals surface area contributed by atoms with Gasteiger partial charge in [0.2, 0.25) is 5.89 Å². The van der Waals surface area contributed by atoms with Crippen molar-refractivity contribution < 1.29 is 4.52 Å². The highest BCUT2D eigenvalue weighted by atomic mass is 32.1. The van der Waals surface area contributed by atoms with Gasteiger partial charge in [-0.25, -0.2) is 4.98 Å². The lowest BCUT2D eigenvalue weighted by Gasteiger charge is -2.20. The fourth-order valence-electron chi connectivity index (χ4n) is 2.99. The maximum absolute atomic E-state index is 5.37. The van der Waals surface area contributed by atoms with E-state index in [9.17, 15) is 0 Å². The van der Waals surface area contributed by atoms with E-state index in [-0.39, 0.29) is 12.0 Å². The zero-order valence-electron chi connectivity index (χ0n) is 12.8. The van der Waals surface area contributed by atoms with E-state index in [0.717, 1.165) is 41.9 Å². The van der Waals surface area contributed by atoms with Gasteiger partial charge in [0, 0.05) is 30.2 Å². The molecule has 4 heterocycles. The van der Waals surface area contributed by atoms with Gasteiger partial charge in [-0.3, -0.25) is 9.30 Å². The van der Waals surface area contributed by atoms with Gasteiger partial charge in [-0.2, -0.15) is 4.98 Å². The minimum absolute atomic E-state index is 0.246. The molecule has 1 aliphatic heterocycles. The molecule has 1 fully saturated rings. The van der Waals surface area contributed by atoms with Crippen LogP contribution in [0.15, 0.2) is 22.3 Å². The summed E-state index contributed by atoms with van der Waals surface area (Å²) in [6.45, 7) is 6.04. The summed E-state index contributed by atoms with van der Waals surface area (Å²) in [6.07, 6.45) is 6.40. The van der Waals surface area contributed by atoms with Gasteiger partial charge in [-0.15, -0.1) is 11.3 Å². The summed E-state index contributed by atoms with van der Waals surface area (Å²) in [5, 5.41) is 6.25. The summed E-state index contributed by atoms with van der Waals surface area (Å²) in [5.74, 6) is 1.82. The monoisotopic (exact) mass is 317 g/mol. The number of fused-ring (bicyclic) bond motifs is 1. The number of likely N-dealkylation sites (tertiary alicyclic amines) is 1. The zero-order valence-corrected chi connectivity index (χ0v) is 13.6. The summed E-state index contributed by atoms with van der Waals surface area (Å²) < 4.78 is 7.45. The van der Waals surface area contributed by atoms with Crippen LogP contribution in [0, 0.1) is 0 Å².